The van der Waals surface area contributed by atoms with Gasteiger partial charge in [0.2, 0.25) is 0 Å². The van der Waals surface area contributed by atoms with Crippen LogP contribution in [-0.4, -0.2) is 41.6 Å². The first-order chi connectivity index (χ1) is 12.3. The third kappa shape index (κ3) is 3.45. The molecule has 25 heavy (non-hydrogen) atoms. The normalized spacial score (nSPS) is 19.0. The van der Waals surface area contributed by atoms with Gasteiger partial charge in [0.05, 0.1) is 0 Å². The number of hydrogen-bond donors (Lipinski definition) is 0. The lowest BCUT2D eigenvalue weighted by molar-refractivity contribution is 0.0729. The lowest BCUT2D eigenvalue weighted by Crippen LogP contribution is -2.35. The first-order valence-electron chi connectivity index (χ1n) is 8.91. The second-order valence-electron chi connectivity index (χ2n) is 6.55. The number of ether oxygens (including phenoxy) is 2. The minimum atomic E-state index is 0.0919. The van der Waals surface area contributed by atoms with Gasteiger partial charge in [-0.05, 0) is 61.6 Å². The van der Waals surface area contributed by atoms with Crippen molar-refractivity contribution in [3.63, 3.8) is 0 Å². The van der Waals surface area contributed by atoms with E-state index in [1.54, 1.807) is 0 Å². The highest BCUT2D eigenvalue weighted by molar-refractivity contribution is 5.95. The maximum Gasteiger partial charge on any atom is 0.254 e. The number of hydrogen-bond acceptors (Lipinski definition) is 4. The Morgan fingerprint density at radius 3 is 2.76 bits per heavy atom. The van der Waals surface area contributed by atoms with Gasteiger partial charge in [0.25, 0.3) is 5.91 Å². The van der Waals surface area contributed by atoms with Crippen molar-refractivity contribution in [1.29, 1.82) is 0 Å². The lowest BCUT2D eigenvalue weighted by atomic mass is 10.0. The standard InChI is InChI=1S/C20H22N2O3/c23-20(16-4-6-18-19(14-16)25-13-12-24-18)22-11-1-2-17(22)5-3-15-7-9-21-10-8-15/h4,6-10,14,17H,1-3,5,11-13H2/t17-/m0/s1. The fourth-order valence-electron chi connectivity index (χ4n) is 3.63. The van der Waals surface area contributed by atoms with Gasteiger partial charge in [-0.2, -0.15) is 0 Å². The van der Waals surface area contributed by atoms with Crippen molar-refractivity contribution in [3.8, 4) is 11.5 Å². The number of nitrogens with zero attached hydrogens (tertiary/aromatic N) is 2. The molecule has 1 amide bonds. The fraction of sp³-hybridized carbons (Fsp3) is 0.400. The molecule has 0 unspecified atom stereocenters. The average molecular weight is 338 g/mol. The van der Waals surface area contributed by atoms with Crippen molar-refractivity contribution in [1.82, 2.24) is 9.88 Å². The van der Waals surface area contributed by atoms with E-state index in [9.17, 15) is 4.79 Å². The van der Waals surface area contributed by atoms with Crippen molar-refractivity contribution in [2.24, 2.45) is 0 Å². The first-order valence-corrected chi connectivity index (χ1v) is 8.91. The molecular formula is C20H22N2O3. The summed E-state index contributed by atoms with van der Waals surface area (Å²) in [4.78, 5) is 19.1. The summed E-state index contributed by atoms with van der Waals surface area (Å²) in [5.74, 6) is 1.48. The maximum absolute atomic E-state index is 13.0. The molecule has 2 aromatic rings. The smallest absolute Gasteiger partial charge is 0.254 e. The van der Waals surface area contributed by atoms with E-state index >= 15 is 0 Å². The number of aryl methyl sites for hydroxylation is 1. The summed E-state index contributed by atoms with van der Waals surface area (Å²) in [6, 6.07) is 9.88. The second-order valence-corrected chi connectivity index (χ2v) is 6.55. The van der Waals surface area contributed by atoms with Gasteiger partial charge in [-0.15, -0.1) is 0 Å². The molecule has 4 rings (SSSR count). The zero-order valence-corrected chi connectivity index (χ0v) is 14.2. The van der Waals surface area contributed by atoms with E-state index in [4.69, 9.17) is 9.47 Å². The number of aromatic nitrogens is 1. The van der Waals surface area contributed by atoms with E-state index in [2.05, 4.69) is 4.98 Å². The van der Waals surface area contributed by atoms with Gasteiger partial charge in [0.1, 0.15) is 13.2 Å². The van der Waals surface area contributed by atoms with Gasteiger partial charge < -0.3 is 14.4 Å². The highest BCUT2D eigenvalue weighted by Gasteiger charge is 2.29. The Labute approximate surface area is 147 Å². The number of pyridine rings is 1. The molecule has 0 bridgehead atoms. The van der Waals surface area contributed by atoms with Crippen LogP contribution >= 0.6 is 0 Å². The number of carbonyl (C=O) groups is 1. The minimum Gasteiger partial charge on any atom is -0.486 e. The molecule has 0 N–H and O–H groups in total. The Bertz CT molecular complexity index is 748. The molecule has 1 fully saturated rings. The van der Waals surface area contributed by atoms with Crippen LogP contribution in [0.15, 0.2) is 42.7 Å². The molecule has 3 heterocycles. The van der Waals surface area contributed by atoms with Crippen LogP contribution in [-0.2, 0) is 6.42 Å². The van der Waals surface area contributed by atoms with Gasteiger partial charge in [-0.25, -0.2) is 0 Å². The molecule has 1 aromatic heterocycles. The summed E-state index contributed by atoms with van der Waals surface area (Å²) in [7, 11) is 0. The van der Waals surface area contributed by atoms with Gasteiger partial charge in [0, 0.05) is 30.5 Å². The minimum absolute atomic E-state index is 0.0919. The van der Waals surface area contributed by atoms with E-state index in [1.807, 2.05) is 47.6 Å². The average Bonchev–Trinajstić information content (AvgIpc) is 3.15. The van der Waals surface area contributed by atoms with Crippen LogP contribution < -0.4 is 9.47 Å². The van der Waals surface area contributed by atoms with Crippen molar-refractivity contribution >= 4 is 5.91 Å². The van der Waals surface area contributed by atoms with Gasteiger partial charge in [-0.3, -0.25) is 9.78 Å². The van der Waals surface area contributed by atoms with E-state index < -0.39 is 0 Å². The number of likely N-dealkylation sites (tertiary alicyclic amines) is 1. The number of fused-ring (bicyclic) bond motifs is 1. The number of rotatable bonds is 4. The summed E-state index contributed by atoms with van der Waals surface area (Å²) >= 11 is 0. The highest BCUT2D eigenvalue weighted by Crippen LogP contribution is 2.32. The van der Waals surface area contributed by atoms with Gasteiger partial charge in [0.15, 0.2) is 11.5 Å². The monoisotopic (exact) mass is 338 g/mol. The molecule has 0 spiro atoms. The molecule has 2 aliphatic heterocycles. The van der Waals surface area contributed by atoms with Crippen LogP contribution in [0.2, 0.25) is 0 Å². The molecule has 1 atom stereocenters. The third-order valence-corrected chi connectivity index (χ3v) is 4.94. The summed E-state index contributed by atoms with van der Waals surface area (Å²) in [5.41, 5.74) is 1.95. The quantitative estimate of drug-likeness (QED) is 0.860. The van der Waals surface area contributed by atoms with E-state index in [-0.39, 0.29) is 5.91 Å². The molecule has 2 aliphatic rings. The van der Waals surface area contributed by atoms with Crippen LogP contribution in [0.3, 0.4) is 0 Å². The molecule has 0 radical (unpaired) electrons. The van der Waals surface area contributed by atoms with Crippen molar-refractivity contribution < 1.29 is 14.3 Å². The van der Waals surface area contributed by atoms with Crippen LogP contribution in [0, 0.1) is 0 Å². The predicted molar refractivity (Wildman–Crippen MR) is 94.0 cm³/mol. The van der Waals surface area contributed by atoms with Crippen LogP contribution in [0.25, 0.3) is 0 Å². The van der Waals surface area contributed by atoms with Crippen molar-refractivity contribution in [2.45, 2.75) is 31.7 Å². The second kappa shape index (κ2) is 7.13. The van der Waals surface area contributed by atoms with E-state index in [0.717, 1.165) is 38.0 Å². The van der Waals surface area contributed by atoms with Gasteiger partial charge in [-0.1, -0.05) is 0 Å². The Balaban J connectivity index is 1.45. The Kier molecular flexibility index (Phi) is 4.55. The molecular weight excluding hydrogens is 316 g/mol. The Morgan fingerprint density at radius 2 is 1.92 bits per heavy atom. The van der Waals surface area contributed by atoms with Crippen LogP contribution in [0.4, 0.5) is 0 Å². The summed E-state index contributed by atoms with van der Waals surface area (Å²) in [6.07, 6.45) is 7.74. The zero-order valence-electron chi connectivity index (χ0n) is 14.2. The largest absolute Gasteiger partial charge is 0.486 e. The van der Waals surface area contributed by atoms with Crippen LogP contribution in [0.1, 0.15) is 35.2 Å². The molecule has 130 valence electrons. The van der Waals surface area contributed by atoms with E-state index in [0.29, 0.717) is 30.6 Å². The SMILES string of the molecule is O=C(c1ccc2c(c1)OCCO2)N1CCC[C@H]1CCc1ccncc1. The Morgan fingerprint density at radius 1 is 1.12 bits per heavy atom. The maximum atomic E-state index is 13.0. The zero-order chi connectivity index (χ0) is 17.1. The fourth-order valence-corrected chi connectivity index (χ4v) is 3.63. The highest BCUT2D eigenvalue weighted by atomic mass is 16.6. The lowest BCUT2D eigenvalue weighted by Gasteiger charge is -2.26. The molecule has 1 saturated heterocycles. The summed E-state index contributed by atoms with van der Waals surface area (Å²) in [6.45, 7) is 1.92. The van der Waals surface area contributed by atoms with Gasteiger partial charge >= 0.3 is 0 Å². The number of carbonyl (C=O) groups excluding carboxylic acids is 1. The molecule has 5 heteroatoms. The van der Waals surface area contributed by atoms with E-state index in [1.165, 1.54) is 5.56 Å². The number of amides is 1. The third-order valence-electron chi connectivity index (χ3n) is 4.94. The first kappa shape index (κ1) is 15.9. The molecule has 0 aliphatic carbocycles. The molecule has 0 saturated carbocycles. The Hall–Kier alpha value is -2.56. The topological polar surface area (TPSA) is 51.7 Å². The number of benzene rings is 1. The van der Waals surface area contributed by atoms with Crippen molar-refractivity contribution in [3.05, 3.63) is 53.9 Å². The molecule has 5 nitrogen and oxygen atoms in total. The summed E-state index contributed by atoms with van der Waals surface area (Å²) < 4.78 is 11.1. The molecule has 1 aromatic carbocycles. The predicted octanol–water partition coefficient (Wildman–Crippen LogP) is 3.09. The van der Waals surface area contributed by atoms with Crippen molar-refractivity contribution in [2.75, 3.05) is 19.8 Å². The van der Waals surface area contributed by atoms with Crippen LogP contribution in [0.5, 0.6) is 11.5 Å². The summed E-state index contributed by atoms with van der Waals surface area (Å²) in [5, 5.41) is 0.